The van der Waals surface area contributed by atoms with E-state index in [9.17, 15) is 0 Å². The monoisotopic (exact) mass is 753 g/mol. The van der Waals surface area contributed by atoms with Crippen molar-refractivity contribution in [3.8, 4) is 0 Å². The van der Waals surface area contributed by atoms with E-state index in [4.69, 9.17) is 0 Å². The van der Waals surface area contributed by atoms with Crippen LogP contribution in [0.3, 0.4) is 0 Å². The summed E-state index contributed by atoms with van der Waals surface area (Å²) in [5.74, 6) is 0. The molecule has 3 rings (SSSR count). The van der Waals surface area contributed by atoms with E-state index in [1.165, 1.54) is 11.1 Å². The van der Waals surface area contributed by atoms with Gasteiger partial charge in [-0.1, -0.05) is 0 Å². The van der Waals surface area contributed by atoms with Crippen LogP contribution in [0, 0.1) is 0 Å². The van der Waals surface area contributed by atoms with Crippen molar-refractivity contribution in [1.82, 2.24) is 0 Å². The van der Waals surface area contributed by atoms with E-state index in [-0.39, 0.29) is 0 Å². The third-order valence-corrected chi connectivity index (χ3v) is 45.6. The minimum atomic E-state index is -3.18. The number of benzene rings is 2. The first-order valence-corrected chi connectivity index (χ1v) is 40.5. The van der Waals surface area contributed by atoms with E-state index in [1.54, 1.807) is 3.32 Å². The van der Waals surface area contributed by atoms with Gasteiger partial charge in [0.2, 0.25) is 0 Å². The molecule has 0 heterocycles. The molecule has 2 aromatic rings. The van der Waals surface area contributed by atoms with Gasteiger partial charge in [-0.3, -0.25) is 0 Å². The molecule has 1 aliphatic rings. The molecule has 0 saturated carbocycles. The first-order valence-electron chi connectivity index (χ1n) is 6.09. The van der Waals surface area contributed by atoms with Crippen molar-refractivity contribution in [3.63, 3.8) is 0 Å². The molecule has 0 aliphatic heterocycles. The molecule has 19 heavy (non-hydrogen) atoms. The first kappa shape index (κ1) is 15.1. The fourth-order valence-electron chi connectivity index (χ4n) is 2.56. The number of halogens is 3. The van der Waals surface area contributed by atoms with Crippen molar-refractivity contribution in [2.24, 2.45) is 0 Å². The summed E-state index contributed by atoms with van der Waals surface area (Å²) in [6.07, 6.45) is 4.73. The van der Waals surface area contributed by atoms with E-state index in [0.717, 1.165) is 0 Å². The van der Waals surface area contributed by atoms with Crippen LogP contribution in [0.1, 0.15) is 14.8 Å². The van der Waals surface area contributed by atoms with Gasteiger partial charge in [0.05, 0.1) is 0 Å². The van der Waals surface area contributed by atoms with Crippen LogP contribution in [0.25, 0.3) is 6.08 Å². The summed E-state index contributed by atoms with van der Waals surface area (Å²) < 4.78 is 2.16. The Hall–Kier alpha value is 1.24. The Morgan fingerprint density at radius 3 is 2.16 bits per heavy atom. The maximum atomic E-state index is 2.82. The summed E-state index contributed by atoms with van der Waals surface area (Å²) in [4.78, 5) is 0. The number of rotatable bonds is 2. The van der Waals surface area contributed by atoms with Crippen LogP contribution >= 0.6 is 54.4 Å². The molecular weight excluding hydrogens is 739 g/mol. The fourth-order valence-corrected chi connectivity index (χ4v) is 33.0. The quantitative estimate of drug-likeness (QED) is 0.269. The summed E-state index contributed by atoms with van der Waals surface area (Å²) in [6.45, 7) is 0. The molecular formula is C15H12HfI3. The first-order chi connectivity index (χ1) is 8.97. The van der Waals surface area contributed by atoms with Crippen LogP contribution in [0.4, 0.5) is 0 Å². The summed E-state index contributed by atoms with van der Waals surface area (Å²) in [5.41, 5.74) is 2.91. The average molecular weight is 751 g/mol. The van der Waals surface area contributed by atoms with Crippen LogP contribution in [0.15, 0.2) is 60.7 Å². The Balaban J connectivity index is 2.15. The summed E-state index contributed by atoms with van der Waals surface area (Å²) in [6, 6.07) is 16.7. The van der Waals surface area contributed by atoms with E-state index in [0.29, 0.717) is 3.67 Å². The second-order valence-corrected chi connectivity index (χ2v) is 122. The van der Waals surface area contributed by atoms with Gasteiger partial charge in [0, 0.05) is 0 Å². The van der Waals surface area contributed by atoms with Crippen LogP contribution in [-0.4, -0.2) is 0 Å². The van der Waals surface area contributed by atoms with Gasteiger partial charge >= 0.3 is 145 Å². The van der Waals surface area contributed by atoms with Crippen LogP contribution in [0.5, 0.6) is 0 Å². The second kappa shape index (κ2) is 5.46. The van der Waals surface area contributed by atoms with Crippen LogP contribution in [0.2, 0.25) is 0 Å². The number of hydrogen-bond donors (Lipinski definition) is 0. The van der Waals surface area contributed by atoms with E-state index in [2.05, 4.69) is 121 Å². The standard InChI is InChI=1S/C9H7.C6H5.Hf.3HI/c1-2-5-9-7-3-6-8(9)4-1;1-2-4-6-5-3-1;;;;/h1-7H;1-5H;;3*1H/q;;+3;;;/p-3. The van der Waals surface area contributed by atoms with Crippen LogP contribution in [-0.2, 0) is 6.03 Å². The van der Waals surface area contributed by atoms with Gasteiger partial charge in [0.1, 0.15) is 0 Å². The number of hydrogen-bond acceptors (Lipinski definition) is 0. The SMILES string of the molecule is [I][Hf]([I])([I])([c]1ccccc1)[CH]1C=Cc2ccccc21. The summed E-state index contributed by atoms with van der Waals surface area (Å²) in [7, 11) is 0. The Morgan fingerprint density at radius 1 is 0.789 bits per heavy atom. The second-order valence-electron chi connectivity index (χ2n) is 4.80. The van der Waals surface area contributed by atoms with Crippen LogP contribution < -0.4 is 3.32 Å². The van der Waals surface area contributed by atoms with E-state index < -0.39 is 6.03 Å². The van der Waals surface area contributed by atoms with Crippen molar-refractivity contribution in [2.75, 3.05) is 0 Å². The van der Waals surface area contributed by atoms with E-state index >= 15 is 0 Å². The van der Waals surface area contributed by atoms with Gasteiger partial charge in [-0.15, -0.1) is 0 Å². The van der Waals surface area contributed by atoms with E-state index in [1.807, 2.05) is 0 Å². The van der Waals surface area contributed by atoms with Gasteiger partial charge in [0.15, 0.2) is 0 Å². The number of fused-ring (bicyclic) bond motifs is 1. The zero-order chi connectivity index (χ0) is 13.5. The minimum absolute atomic E-state index is 0.595. The fraction of sp³-hybridized carbons (Fsp3) is 0.0667. The molecule has 0 bridgehead atoms. The average Bonchev–Trinajstić information content (AvgIpc) is 2.84. The summed E-state index contributed by atoms with van der Waals surface area (Å²) >= 11 is 8.45. The predicted octanol–water partition coefficient (Wildman–Crippen LogP) is 5.82. The zero-order valence-electron chi connectivity index (χ0n) is 10.1. The Bertz CT molecular complexity index is 641. The van der Waals surface area contributed by atoms with Gasteiger partial charge in [-0.25, -0.2) is 0 Å². The molecule has 2 aromatic carbocycles. The molecule has 0 spiro atoms. The Morgan fingerprint density at radius 2 is 1.42 bits per heavy atom. The Labute approximate surface area is 142 Å². The Kier molecular flexibility index (Phi) is 4.35. The molecule has 0 amide bonds. The maximum absolute atomic E-state index is 3.18. The normalized spacial score (nSPS) is 19.7. The third-order valence-electron chi connectivity index (χ3n) is 3.58. The van der Waals surface area contributed by atoms with Gasteiger partial charge in [0.25, 0.3) is 0 Å². The van der Waals surface area contributed by atoms with Crippen molar-refractivity contribution >= 4 is 63.8 Å². The molecule has 97 valence electrons. The topological polar surface area (TPSA) is 0 Å². The third kappa shape index (κ3) is 2.79. The molecule has 0 N–H and O–H groups in total. The summed E-state index contributed by atoms with van der Waals surface area (Å²) in [5, 5.41) is 0. The molecule has 0 nitrogen and oxygen atoms in total. The molecule has 0 fully saturated rings. The molecule has 4 heteroatoms. The molecule has 0 saturated heterocycles. The van der Waals surface area contributed by atoms with Gasteiger partial charge < -0.3 is 0 Å². The molecule has 1 unspecified atom stereocenters. The predicted molar refractivity (Wildman–Crippen MR) is 106 cm³/mol. The number of allylic oxidation sites excluding steroid dienone is 1. The van der Waals surface area contributed by atoms with Crippen molar-refractivity contribution in [1.29, 1.82) is 0 Å². The molecule has 0 aromatic heterocycles. The molecule has 1 atom stereocenters. The molecule has 1 aliphatic carbocycles. The van der Waals surface area contributed by atoms with Crippen molar-refractivity contribution in [3.05, 3.63) is 71.8 Å². The zero-order valence-corrected chi connectivity index (χ0v) is 20.1. The van der Waals surface area contributed by atoms with Crippen molar-refractivity contribution in [2.45, 2.75) is 3.67 Å². The molecule has 0 radical (unpaired) electrons. The van der Waals surface area contributed by atoms with Gasteiger partial charge in [-0.2, -0.15) is 0 Å². The van der Waals surface area contributed by atoms with Gasteiger partial charge in [-0.05, 0) is 0 Å². The van der Waals surface area contributed by atoms with Crippen molar-refractivity contribution < 1.29 is 6.03 Å².